The lowest BCUT2D eigenvalue weighted by Gasteiger charge is -2.17. The van der Waals surface area contributed by atoms with Crippen molar-refractivity contribution in [2.45, 2.75) is 0 Å². The number of benzene rings is 7. The molecular formula is C50H30N6. The first-order valence-corrected chi connectivity index (χ1v) is 18.6. The van der Waals surface area contributed by atoms with E-state index >= 15 is 0 Å². The van der Waals surface area contributed by atoms with Crippen LogP contribution in [0.15, 0.2) is 182 Å². The predicted molar refractivity (Wildman–Crippen MR) is 228 cm³/mol. The summed E-state index contributed by atoms with van der Waals surface area (Å²) in [7, 11) is 0. The molecule has 0 aliphatic heterocycles. The molecule has 7 aromatic carbocycles. The Morgan fingerprint density at radius 3 is 1.36 bits per heavy atom. The van der Waals surface area contributed by atoms with Crippen LogP contribution in [0.3, 0.4) is 0 Å². The molecule has 0 aliphatic carbocycles. The lowest BCUT2D eigenvalue weighted by atomic mass is 9.88. The fraction of sp³-hybridized carbons (Fsp3) is 0. The summed E-state index contributed by atoms with van der Waals surface area (Å²) < 4.78 is 0. The molecule has 11 rings (SSSR count). The van der Waals surface area contributed by atoms with Gasteiger partial charge in [-0.1, -0.05) is 109 Å². The molecule has 4 heterocycles. The topological polar surface area (TPSA) is 77.3 Å². The Balaban J connectivity index is 1.25. The van der Waals surface area contributed by atoms with Crippen LogP contribution in [-0.4, -0.2) is 29.9 Å². The number of hydrogen-bond acceptors (Lipinski definition) is 6. The third-order valence-corrected chi connectivity index (χ3v) is 10.6. The zero-order valence-corrected chi connectivity index (χ0v) is 30.0. The molecule has 56 heavy (non-hydrogen) atoms. The van der Waals surface area contributed by atoms with Gasteiger partial charge in [-0.2, -0.15) is 0 Å². The van der Waals surface area contributed by atoms with Crippen molar-refractivity contribution in [2.24, 2.45) is 0 Å². The van der Waals surface area contributed by atoms with Gasteiger partial charge in [0.05, 0.1) is 16.6 Å². The lowest BCUT2D eigenvalue weighted by Crippen LogP contribution is -2.01. The SMILES string of the molecule is c1ccc(-c2nc(-c3cc(-c4c5ccccc5cc5ncccc45)cc(-c4c5ccccc5cc5ncccc45)c3)nc(-c3ccc4cccnc4c3)n2)cc1. The van der Waals surface area contributed by atoms with Crippen molar-refractivity contribution in [1.29, 1.82) is 0 Å². The number of rotatable bonds is 5. The monoisotopic (exact) mass is 714 g/mol. The van der Waals surface area contributed by atoms with Crippen LogP contribution in [0.2, 0.25) is 0 Å². The fourth-order valence-corrected chi connectivity index (χ4v) is 8.00. The molecule has 6 heteroatoms. The Morgan fingerprint density at radius 1 is 0.268 bits per heavy atom. The summed E-state index contributed by atoms with van der Waals surface area (Å²) in [6.45, 7) is 0. The third-order valence-electron chi connectivity index (χ3n) is 10.6. The molecule has 0 aliphatic rings. The van der Waals surface area contributed by atoms with Gasteiger partial charge in [-0.15, -0.1) is 0 Å². The molecule has 0 N–H and O–H groups in total. The number of aromatic nitrogens is 6. The molecule has 0 fully saturated rings. The molecule has 0 amide bonds. The van der Waals surface area contributed by atoms with Gasteiger partial charge in [-0.05, 0) is 98.4 Å². The Hall–Kier alpha value is -7.70. The summed E-state index contributed by atoms with van der Waals surface area (Å²) in [4.78, 5) is 29.8. The van der Waals surface area contributed by atoms with Gasteiger partial charge in [-0.3, -0.25) is 15.0 Å². The van der Waals surface area contributed by atoms with E-state index in [-0.39, 0.29) is 0 Å². The predicted octanol–water partition coefficient (Wildman–Crippen LogP) is 12.2. The molecule has 11 aromatic rings. The standard InChI is InChI=1S/C50H30N6/c1-2-11-32(12-3-1)48-54-49(35-21-20-31-15-8-22-51-43(31)30-35)56-50(55-48)38-26-36(46-39-16-6-4-13-33(39)28-44-41(46)18-9-23-52-44)25-37(27-38)47-40-17-7-5-14-34(40)29-45-42(47)19-10-24-53-45/h1-30H. The number of pyridine rings is 3. The number of fused-ring (bicyclic) bond motifs is 5. The van der Waals surface area contributed by atoms with E-state index in [9.17, 15) is 0 Å². The van der Waals surface area contributed by atoms with Crippen molar-refractivity contribution in [3.05, 3.63) is 182 Å². The van der Waals surface area contributed by atoms with E-state index in [4.69, 9.17) is 24.9 Å². The van der Waals surface area contributed by atoms with Gasteiger partial charge >= 0.3 is 0 Å². The highest BCUT2D eigenvalue weighted by molar-refractivity contribution is 6.15. The molecule has 260 valence electrons. The highest BCUT2D eigenvalue weighted by Crippen LogP contribution is 2.43. The normalized spacial score (nSPS) is 11.6. The smallest absolute Gasteiger partial charge is 0.164 e. The zero-order valence-electron chi connectivity index (χ0n) is 30.0. The average Bonchev–Trinajstić information content (AvgIpc) is 3.27. The van der Waals surface area contributed by atoms with Crippen LogP contribution in [0.5, 0.6) is 0 Å². The van der Waals surface area contributed by atoms with Crippen molar-refractivity contribution in [1.82, 2.24) is 29.9 Å². The molecule has 0 saturated heterocycles. The summed E-state index contributed by atoms with van der Waals surface area (Å²) in [6, 6.07) is 56.8. The van der Waals surface area contributed by atoms with Crippen LogP contribution in [0.4, 0.5) is 0 Å². The molecule has 6 nitrogen and oxygen atoms in total. The van der Waals surface area contributed by atoms with E-state index in [0.717, 1.165) is 93.2 Å². The van der Waals surface area contributed by atoms with Crippen molar-refractivity contribution >= 4 is 54.3 Å². The van der Waals surface area contributed by atoms with Gasteiger partial charge in [0.2, 0.25) is 0 Å². The number of hydrogen-bond donors (Lipinski definition) is 0. The van der Waals surface area contributed by atoms with Gasteiger partial charge < -0.3 is 0 Å². The van der Waals surface area contributed by atoms with Crippen LogP contribution in [-0.2, 0) is 0 Å². The largest absolute Gasteiger partial charge is 0.256 e. The van der Waals surface area contributed by atoms with E-state index < -0.39 is 0 Å². The van der Waals surface area contributed by atoms with Crippen molar-refractivity contribution < 1.29 is 0 Å². The Kier molecular flexibility index (Phi) is 7.38. The second-order valence-corrected chi connectivity index (χ2v) is 14.0. The van der Waals surface area contributed by atoms with Crippen LogP contribution in [0, 0.1) is 0 Å². The van der Waals surface area contributed by atoms with Crippen molar-refractivity contribution in [3.63, 3.8) is 0 Å². The molecule has 0 saturated carbocycles. The molecule has 4 aromatic heterocycles. The Bertz CT molecular complexity index is 3080. The van der Waals surface area contributed by atoms with E-state index in [2.05, 4.69) is 120 Å². The highest BCUT2D eigenvalue weighted by atomic mass is 15.0. The van der Waals surface area contributed by atoms with Crippen LogP contribution >= 0.6 is 0 Å². The van der Waals surface area contributed by atoms with Crippen molar-refractivity contribution in [2.75, 3.05) is 0 Å². The maximum absolute atomic E-state index is 5.25. The second kappa shape index (κ2) is 13.0. The van der Waals surface area contributed by atoms with Gasteiger partial charge in [0.25, 0.3) is 0 Å². The molecule has 0 unspecified atom stereocenters. The molecule has 0 bridgehead atoms. The van der Waals surface area contributed by atoms with Crippen LogP contribution < -0.4 is 0 Å². The Morgan fingerprint density at radius 2 is 0.732 bits per heavy atom. The summed E-state index contributed by atoms with van der Waals surface area (Å²) >= 11 is 0. The van der Waals surface area contributed by atoms with E-state index in [1.54, 1.807) is 0 Å². The maximum atomic E-state index is 5.25. The van der Waals surface area contributed by atoms with Crippen LogP contribution in [0.25, 0.3) is 111 Å². The van der Waals surface area contributed by atoms with Gasteiger partial charge in [-0.25, -0.2) is 15.0 Å². The van der Waals surface area contributed by atoms with Gasteiger partial charge in [0.15, 0.2) is 17.5 Å². The lowest BCUT2D eigenvalue weighted by molar-refractivity contribution is 1.07. The minimum Gasteiger partial charge on any atom is -0.256 e. The van der Waals surface area contributed by atoms with E-state index in [1.165, 1.54) is 0 Å². The highest BCUT2D eigenvalue weighted by Gasteiger charge is 2.19. The quantitative estimate of drug-likeness (QED) is 0.165. The maximum Gasteiger partial charge on any atom is 0.164 e. The molecular weight excluding hydrogens is 685 g/mol. The summed E-state index contributed by atoms with van der Waals surface area (Å²) in [6.07, 6.45) is 5.53. The fourth-order valence-electron chi connectivity index (χ4n) is 8.00. The van der Waals surface area contributed by atoms with Crippen LogP contribution in [0.1, 0.15) is 0 Å². The third kappa shape index (κ3) is 5.43. The Labute approximate surface area is 321 Å². The first-order valence-electron chi connectivity index (χ1n) is 18.6. The molecule has 0 radical (unpaired) electrons. The summed E-state index contributed by atoms with van der Waals surface area (Å²) in [5, 5.41) is 7.74. The first kappa shape index (κ1) is 31.8. The van der Waals surface area contributed by atoms with Crippen molar-refractivity contribution in [3.8, 4) is 56.4 Å². The zero-order chi connectivity index (χ0) is 37.0. The first-order chi connectivity index (χ1) is 27.7. The summed E-state index contributed by atoms with van der Waals surface area (Å²) in [5.74, 6) is 1.75. The molecule has 0 spiro atoms. The van der Waals surface area contributed by atoms with Gasteiger partial charge in [0, 0.05) is 51.4 Å². The minimum atomic E-state index is 0.573. The minimum absolute atomic E-state index is 0.573. The van der Waals surface area contributed by atoms with E-state index in [1.807, 2.05) is 67.1 Å². The summed E-state index contributed by atoms with van der Waals surface area (Å²) in [5.41, 5.74) is 9.68. The van der Waals surface area contributed by atoms with E-state index in [0.29, 0.717) is 17.5 Å². The molecule has 0 atom stereocenters. The van der Waals surface area contributed by atoms with Gasteiger partial charge in [0.1, 0.15) is 0 Å². The second-order valence-electron chi connectivity index (χ2n) is 14.0. The average molecular weight is 715 g/mol. The number of nitrogens with zero attached hydrogens (tertiary/aromatic N) is 6.